The fraction of sp³-hybridized carbons (Fsp3) is 0.706. The van der Waals surface area contributed by atoms with Gasteiger partial charge in [-0.05, 0) is 25.8 Å². The number of rotatable bonds is 6. The summed E-state index contributed by atoms with van der Waals surface area (Å²) in [4.78, 5) is 28.4. The molecule has 2 aliphatic rings. The van der Waals surface area contributed by atoms with E-state index in [1.54, 1.807) is 16.9 Å². The van der Waals surface area contributed by atoms with Crippen molar-refractivity contribution >= 4 is 17.6 Å². The van der Waals surface area contributed by atoms with Crippen LogP contribution in [0.25, 0.3) is 0 Å². The van der Waals surface area contributed by atoms with Crippen LogP contribution in [0.15, 0.2) is 12.3 Å². The Kier molecular flexibility index (Phi) is 5.18. The van der Waals surface area contributed by atoms with Gasteiger partial charge in [0.05, 0.1) is 6.54 Å². The Hall–Kier alpha value is -1.89. The van der Waals surface area contributed by atoms with Gasteiger partial charge < -0.3 is 10.2 Å². The van der Waals surface area contributed by atoms with Crippen molar-refractivity contribution in [1.82, 2.24) is 19.6 Å². The predicted molar refractivity (Wildman–Crippen MR) is 91.4 cm³/mol. The molecule has 7 nitrogen and oxygen atoms in total. The first-order valence-electron chi connectivity index (χ1n) is 8.79. The summed E-state index contributed by atoms with van der Waals surface area (Å²) in [7, 11) is 3.75. The van der Waals surface area contributed by atoms with Gasteiger partial charge in [0.25, 0.3) is 0 Å². The molecule has 1 aliphatic heterocycles. The summed E-state index contributed by atoms with van der Waals surface area (Å²) in [5.74, 6) is 1.11. The molecule has 1 aromatic rings. The SMILES string of the molecule is CN(CC(=O)Nc1ccn(C)n1)C[C@@H]1CC(=O)N(C2CCCC2)C1. The molecule has 0 aromatic carbocycles. The average molecular weight is 333 g/mol. The van der Waals surface area contributed by atoms with E-state index < -0.39 is 0 Å². The van der Waals surface area contributed by atoms with E-state index in [2.05, 4.69) is 15.3 Å². The summed E-state index contributed by atoms with van der Waals surface area (Å²) in [6.45, 7) is 1.92. The van der Waals surface area contributed by atoms with Gasteiger partial charge in [-0.3, -0.25) is 19.2 Å². The Balaban J connectivity index is 1.44. The fourth-order valence-corrected chi connectivity index (χ4v) is 3.91. The highest BCUT2D eigenvalue weighted by Gasteiger charge is 2.35. The maximum atomic E-state index is 12.2. The molecule has 0 radical (unpaired) electrons. The first-order chi connectivity index (χ1) is 11.5. The normalized spacial score (nSPS) is 21.9. The second-order valence-electron chi connectivity index (χ2n) is 7.17. The predicted octanol–water partition coefficient (Wildman–Crippen LogP) is 1.08. The van der Waals surface area contributed by atoms with Crippen molar-refractivity contribution < 1.29 is 9.59 Å². The number of amides is 2. The number of hydrogen-bond donors (Lipinski definition) is 1. The number of carbonyl (C=O) groups is 2. The number of likely N-dealkylation sites (tertiary alicyclic amines) is 1. The molecule has 24 heavy (non-hydrogen) atoms. The Morgan fingerprint density at radius 2 is 2.17 bits per heavy atom. The van der Waals surface area contributed by atoms with E-state index in [-0.39, 0.29) is 5.91 Å². The smallest absolute Gasteiger partial charge is 0.239 e. The van der Waals surface area contributed by atoms with Gasteiger partial charge in [-0.25, -0.2) is 0 Å². The fourth-order valence-electron chi connectivity index (χ4n) is 3.91. The van der Waals surface area contributed by atoms with E-state index in [0.29, 0.717) is 36.7 Å². The number of likely N-dealkylation sites (N-methyl/N-ethyl adjacent to an activating group) is 1. The van der Waals surface area contributed by atoms with Crippen molar-refractivity contribution in [3.63, 3.8) is 0 Å². The van der Waals surface area contributed by atoms with Crippen molar-refractivity contribution in [2.24, 2.45) is 13.0 Å². The van der Waals surface area contributed by atoms with Gasteiger partial charge in [0, 0.05) is 44.9 Å². The van der Waals surface area contributed by atoms with Crippen molar-refractivity contribution in [2.45, 2.75) is 38.1 Å². The third kappa shape index (κ3) is 4.14. The average Bonchev–Trinajstić information content (AvgIpc) is 3.21. The molecule has 2 amide bonds. The third-order valence-electron chi connectivity index (χ3n) is 4.97. The lowest BCUT2D eigenvalue weighted by Crippen LogP contribution is -2.37. The molecule has 1 saturated carbocycles. The number of nitrogens with one attached hydrogen (secondary N) is 1. The van der Waals surface area contributed by atoms with Gasteiger partial charge >= 0.3 is 0 Å². The lowest BCUT2D eigenvalue weighted by molar-refractivity contribution is -0.129. The number of hydrogen-bond acceptors (Lipinski definition) is 4. The molecule has 1 aliphatic carbocycles. The standard InChI is InChI=1S/C17H27N5O2/c1-20(12-16(23)18-15-7-8-21(2)19-15)10-13-9-17(24)22(11-13)14-5-3-4-6-14/h7-8,13-14H,3-6,9-12H2,1-2H3,(H,18,19,23)/t13-/m0/s1. The Morgan fingerprint density at radius 3 is 2.83 bits per heavy atom. The zero-order valence-corrected chi connectivity index (χ0v) is 14.6. The van der Waals surface area contributed by atoms with E-state index in [9.17, 15) is 9.59 Å². The van der Waals surface area contributed by atoms with Crippen molar-refractivity contribution in [3.8, 4) is 0 Å². The van der Waals surface area contributed by atoms with Crippen LogP contribution in [0.5, 0.6) is 0 Å². The zero-order chi connectivity index (χ0) is 17.1. The number of anilines is 1. The molecule has 0 spiro atoms. The largest absolute Gasteiger partial charge is 0.339 e. The first-order valence-corrected chi connectivity index (χ1v) is 8.79. The molecule has 132 valence electrons. The maximum Gasteiger partial charge on any atom is 0.239 e. The topological polar surface area (TPSA) is 70.5 Å². The van der Waals surface area contributed by atoms with Crippen molar-refractivity contribution in [3.05, 3.63) is 12.3 Å². The zero-order valence-electron chi connectivity index (χ0n) is 14.6. The van der Waals surface area contributed by atoms with Crippen LogP contribution in [0.2, 0.25) is 0 Å². The van der Waals surface area contributed by atoms with Crippen LogP contribution < -0.4 is 5.32 Å². The minimum Gasteiger partial charge on any atom is -0.339 e. The van der Waals surface area contributed by atoms with E-state index in [1.807, 2.05) is 19.0 Å². The van der Waals surface area contributed by atoms with Gasteiger partial charge in [-0.2, -0.15) is 5.10 Å². The monoisotopic (exact) mass is 333 g/mol. The molecule has 2 fully saturated rings. The molecule has 7 heteroatoms. The minimum absolute atomic E-state index is 0.0758. The number of aromatic nitrogens is 2. The summed E-state index contributed by atoms with van der Waals surface area (Å²) in [5.41, 5.74) is 0. The minimum atomic E-state index is -0.0758. The second-order valence-corrected chi connectivity index (χ2v) is 7.17. The highest BCUT2D eigenvalue weighted by Crippen LogP contribution is 2.29. The molecule has 1 saturated heterocycles. The van der Waals surface area contributed by atoms with Crippen LogP contribution in [-0.2, 0) is 16.6 Å². The molecular weight excluding hydrogens is 306 g/mol. The molecule has 2 heterocycles. The number of carbonyl (C=O) groups excluding carboxylic acids is 2. The quantitative estimate of drug-likeness (QED) is 0.846. The van der Waals surface area contributed by atoms with Gasteiger partial charge in [-0.1, -0.05) is 12.8 Å². The molecular formula is C17H27N5O2. The van der Waals surface area contributed by atoms with Gasteiger partial charge in [0.1, 0.15) is 0 Å². The summed E-state index contributed by atoms with van der Waals surface area (Å²) in [5, 5.41) is 6.93. The number of aryl methyl sites for hydroxylation is 1. The lowest BCUT2D eigenvalue weighted by Gasteiger charge is -2.25. The summed E-state index contributed by atoms with van der Waals surface area (Å²) < 4.78 is 1.65. The highest BCUT2D eigenvalue weighted by atomic mass is 16.2. The van der Waals surface area contributed by atoms with Crippen LogP contribution in [0.1, 0.15) is 32.1 Å². The van der Waals surface area contributed by atoms with Gasteiger partial charge in [0.15, 0.2) is 5.82 Å². The van der Waals surface area contributed by atoms with Crippen LogP contribution >= 0.6 is 0 Å². The van der Waals surface area contributed by atoms with Gasteiger partial charge in [0.2, 0.25) is 11.8 Å². The van der Waals surface area contributed by atoms with Crippen molar-refractivity contribution in [1.29, 1.82) is 0 Å². The van der Waals surface area contributed by atoms with Crippen molar-refractivity contribution in [2.75, 3.05) is 32.0 Å². The van der Waals surface area contributed by atoms with Crippen LogP contribution in [0, 0.1) is 5.92 Å². The van der Waals surface area contributed by atoms with E-state index in [0.717, 1.165) is 25.9 Å². The molecule has 1 aromatic heterocycles. The molecule has 1 N–H and O–H groups in total. The Morgan fingerprint density at radius 1 is 1.42 bits per heavy atom. The second kappa shape index (κ2) is 7.34. The summed E-state index contributed by atoms with van der Waals surface area (Å²) in [6, 6.07) is 2.23. The summed E-state index contributed by atoms with van der Waals surface area (Å²) in [6.07, 6.45) is 7.20. The molecule has 0 bridgehead atoms. The molecule has 3 rings (SSSR count). The van der Waals surface area contributed by atoms with E-state index in [4.69, 9.17) is 0 Å². The third-order valence-corrected chi connectivity index (χ3v) is 4.97. The maximum absolute atomic E-state index is 12.2. The van der Waals surface area contributed by atoms with Crippen LogP contribution in [0.4, 0.5) is 5.82 Å². The Bertz CT molecular complexity index is 594. The first kappa shape index (κ1) is 17.0. The van der Waals surface area contributed by atoms with E-state index in [1.165, 1.54) is 12.8 Å². The van der Waals surface area contributed by atoms with Crippen LogP contribution in [0.3, 0.4) is 0 Å². The highest BCUT2D eigenvalue weighted by molar-refractivity contribution is 5.91. The lowest BCUT2D eigenvalue weighted by atomic mass is 10.1. The number of nitrogens with zero attached hydrogens (tertiary/aromatic N) is 4. The van der Waals surface area contributed by atoms with Crippen LogP contribution in [-0.4, -0.2) is 64.1 Å². The molecule has 1 atom stereocenters. The Labute approximate surface area is 143 Å². The summed E-state index contributed by atoms with van der Waals surface area (Å²) >= 11 is 0. The van der Waals surface area contributed by atoms with Gasteiger partial charge in [-0.15, -0.1) is 0 Å². The van der Waals surface area contributed by atoms with E-state index >= 15 is 0 Å². The molecule has 0 unspecified atom stereocenters.